The summed E-state index contributed by atoms with van der Waals surface area (Å²) in [6.07, 6.45) is 0. The summed E-state index contributed by atoms with van der Waals surface area (Å²) in [5, 5.41) is 1.49. The van der Waals surface area contributed by atoms with Gasteiger partial charge in [0.1, 0.15) is 5.75 Å². The van der Waals surface area contributed by atoms with Crippen molar-refractivity contribution in [1.29, 1.82) is 0 Å². The molecule has 0 aliphatic rings. The largest absolute Gasteiger partial charge is 0.497 e. The Morgan fingerprint density at radius 1 is 1.09 bits per heavy atom. The summed E-state index contributed by atoms with van der Waals surface area (Å²) in [7, 11) is 1.08. The van der Waals surface area contributed by atoms with Crippen molar-refractivity contribution in [3.63, 3.8) is 0 Å². The Kier molecular flexibility index (Phi) is 2.71. The number of hydrogen-bond acceptors (Lipinski definition) is 1. The summed E-state index contributed by atoms with van der Waals surface area (Å²) in [4.78, 5) is 0. The zero-order chi connectivity index (χ0) is 8.27. The average Bonchev–Trinajstić information content (AvgIpc) is 2.05. The lowest BCUT2D eigenvalue weighted by Crippen LogP contribution is -2.21. The quantitative estimate of drug-likeness (QED) is 0.603. The number of hydrogen-bond donors (Lipinski definition) is 0. The normalized spacial score (nSPS) is 10.2. The molecule has 0 amide bonds. The van der Waals surface area contributed by atoms with Crippen LogP contribution in [0.3, 0.4) is 0 Å². The molecule has 0 aromatic heterocycles. The van der Waals surface area contributed by atoms with Gasteiger partial charge in [0.2, 0.25) is 0 Å². The van der Waals surface area contributed by atoms with Crippen LogP contribution in [-0.4, -0.2) is 15.9 Å². The minimum absolute atomic E-state index is 0.616. The van der Waals surface area contributed by atoms with Crippen LogP contribution in [0.25, 0.3) is 0 Å². The fourth-order valence-electron chi connectivity index (χ4n) is 0.989. The van der Waals surface area contributed by atoms with Crippen LogP contribution in [0.1, 0.15) is 0 Å². The predicted octanol–water partition coefficient (Wildman–Crippen LogP) is 1.39. The van der Waals surface area contributed by atoms with Gasteiger partial charge >= 0.3 is 0 Å². The van der Waals surface area contributed by atoms with Crippen molar-refractivity contribution in [3.8, 4) is 5.75 Å². The molecule has 0 saturated heterocycles. The van der Waals surface area contributed by atoms with Crippen LogP contribution in [0.2, 0.25) is 13.1 Å². The molecule has 0 heterocycles. The number of benzene rings is 1. The molecule has 0 radical (unpaired) electrons. The van der Waals surface area contributed by atoms with Crippen LogP contribution in [0.5, 0.6) is 5.75 Å². The second-order valence-electron chi connectivity index (χ2n) is 2.93. The van der Waals surface area contributed by atoms with Crippen molar-refractivity contribution in [2.45, 2.75) is 13.1 Å². The summed E-state index contributed by atoms with van der Waals surface area (Å²) < 4.78 is 5.06. The van der Waals surface area contributed by atoms with E-state index >= 15 is 0 Å². The van der Waals surface area contributed by atoms with Gasteiger partial charge in [0.05, 0.1) is 15.9 Å². The van der Waals surface area contributed by atoms with Gasteiger partial charge in [-0.15, -0.1) is 0 Å². The maximum Gasteiger partial charge on any atom is 0.118 e. The van der Waals surface area contributed by atoms with Gasteiger partial charge in [0.15, 0.2) is 0 Å². The fourth-order valence-corrected chi connectivity index (χ4v) is 1.95. The van der Waals surface area contributed by atoms with Crippen LogP contribution in [0.15, 0.2) is 24.3 Å². The van der Waals surface area contributed by atoms with E-state index in [0.29, 0.717) is 0 Å². The minimum Gasteiger partial charge on any atom is -0.497 e. The van der Waals surface area contributed by atoms with Gasteiger partial charge in [-0.2, -0.15) is 0 Å². The smallest absolute Gasteiger partial charge is 0.118 e. The standard InChI is InChI=1S/C9H14OSi/c1-10-8-4-6-9(7-5-8)11(2)3/h4-7,11H,1-3H3. The Balaban J connectivity index is 2.83. The van der Waals surface area contributed by atoms with E-state index in [9.17, 15) is 0 Å². The van der Waals surface area contributed by atoms with Crippen LogP contribution in [0.4, 0.5) is 0 Å². The third-order valence-corrected chi connectivity index (χ3v) is 3.50. The first kappa shape index (κ1) is 8.33. The van der Waals surface area contributed by atoms with E-state index in [1.165, 1.54) is 5.19 Å². The maximum atomic E-state index is 5.06. The Hall–Kier alpha value is -0.763. The summed E-state index contributed by atoms with van der Waals surface area (Å²) in [6.45, 7) is 4.64. The molecule has 0 spiro atoms. The van der Waals surface area contributed by atoms with E-state index < -0.39 is 8.80 Å². The molecule has 1 aromatic rings. The fraction of sp³-hybridized carbons (Fsp3) is 0.333. The highest BCUT2D eigenvalue weighted by atomic mass is 28.3. The third kappa shape index (κ3) is 2.08. The maximum absolute atomic E-state index is 5.06. The molecule has 0 aliphatic heterocycles. The zero-order valence-corrected chi connectivity index (χ0v) is 8.45. The molecule has 1 rings (SSSR count). The van der Waals surface area contributed by atoms with Crippen LogP contribution >= 0.6 is 0 Å². The van der Waals surface area contributed by atoms with Crippen LogP contribution in [0, 0.1) is 0 Å². The zero-order valence-electron chi connectivity index (χ0n) is 7.29. The highest BCUT2D eigenvalue weighted by molar-refractivity contribution is 6.70. The molecule has 0 saturated carbocycles. The summed E-state index contributed by atoms with van der Waals surface area (Å²) >= 11 is 0. The van der Waals surface area contributed by atoms with Gasteiger partial charge in [0, 0.05) is 0 Å². The van der Waals surface area contributed by atoms with Gasteiger partial charge in [-0.05, 0) is 12.1 Å². The van der Waals surface area contributed by atoms with Gasteiger partial charge < -0.3 is 4.74 Å². The second-order valence-corrected chi connectivity index (χ2v) is 5.90. The molecule has 60 valence electrons. The van der Waals surface area contributed by atoms with Gasteiger partial charge in [0.25, 0.3) is 0 Å². The van der Waals surface area contributed by atoms with Gasteiger partial charge in [-0.3, -0.25) is 0 Å². The number of ether oxygens (including phenoxy) is 1. The molecule has 1 nitrogen and oxygen atoms in total. The van der Waals surface area contributed by atoms with Crippen LogP contribution < -0.4 is 9.92 Å². The molecule has 0 N–H and O–H groups in total. The Morgan fingerprint density at radius 2 is 1.64 bits per heavy atom. The second kappa shape index (κ2) is 3.58. The lowest BCUT2D eigenvalue weighted by atomic mass is 10.3. The van der Waals surface area contributed by atoms with E-state index in [-0.39, 0.29) is 0 Å². The van der Waals surface area contributed by atoms with Crippen molar-refractivity contribution in [2.24, 2.45) is 0 Å². The molecule has 1 aromatic carbocycles. The number of rotatable bonds is 2. The summed E-state index contributed by atoms with van der Waals surface area (Å²) in [6, 6.07) is 8.39. The third-order valence-electron chi connectivity index (χ3n) is 1.78. The molecule has 0 atom stereocenters. The molecular formula is C9H14OSi. The van der Waals surface area contributed by atoms with E-state index in [4.69, 9.17) is 4.74 Å². The molecule has 0 fully saturated rings. The van der Waals surface area contributed by atoms with E-state index in [1.54, 1.807) is 7.11 Å². The highest BCUT2D eigenvalue weighted by Gasteiger charge is 1.98. The SMILES string of the molecule is COc1ccc([SiH](C)C)cc1. The Morgan fingerprint density at radius 3 is 2.00 bits per heavy atom. The highest BCUT2D eigenvalue weighted by Crippen LogP contribution is 2.05. The first-order chi connectivity index (χ1) is 5.24. The van der Waals surface area contributed by atoms with Gasteiger partial charge in [-0.25, -0.2) is 0 Å². The van der Waals surface area contributed by atoms with Crippen molar-refractivity contribution in [3.05, 3.63) is 24.3 Å². The van der Waals surface area contributed by atoms with E-state index in [0.717, 1.165) is 5.75 Å². The summed E-state index contributed by atoms with van der Waals surface area (Å²) in [5.74, 6) is 0.948. The minimum atomic E-state index is -0.616. The van der Waals surface area contributed by atoms with Gasteiger partial charge in [-0.1, -0.05) is 30.4 Å². The molecule has 0 unspecified atom stereocenters. The topological polar surface area (TPSA) is 9.23 Å². The van der Waals surface area contributed by atoms with E-state index in [1.807, 2.05) is 12.1 Å². The van der Waals surface area contributed by atoms with E-state index in [2.05, 4.69) is 25.2 Å². The predicted molar refractivity (Wildman–Crippen MR) is 51.5 cm³/mol. The molecule has 0 bridgehead atoms. The first-order valence-electron chi connectivity index (χ1n) is 3.88. The number of methoxy groups -OCH3 is 1. The Labute approximate surface area is 69.6 Å². The Bertz CT molecular complexity index is 216. The first-order valence-corrected chi connectivity index (χ1v) is 6.76. The average molecular weight is 166 g/mol. The molecular weight excluding hydrogens is 152 g/mol. The summed E-state index contributed by atoms with van der Waals surface area (Å²) in [5.41, 5.74) is 0. The lowest BCUT2D eigenvalue weighted by Gasteiger charge is -2.04. The molecule has 11 heavy (non-hydrogen) atoms. The van der Waals surface area contributed by atoms with Crippen molar-refractivity contribution >= 4 is 14.0 Å². The van der Waals surface area contributed by atoms with Crippen molar-refractivity contribution < 1.29 is 4.74 Å². The van der Waals surface area contributed by atoms with Crippen molar-refractivity contribution in [2.75, 3.05) is 7.11 Å². The molecule has 2 heteroatoms. The lowest BCUT2D eigenvalue weighted by molar-refractivity contribution is 0.415. The van der Waals surface area contributed by atoms with Crippen molar-refractivity contribution in [1.82, 2.24) is 0 Å². The van der Waals surface area contributed by atoms with Crippen LogP contribution in [-0.2, 0) is 0 Å². The monoisotopic (exact) mass is 166 g/mol. The molecule has 0 aliphatic carbocycles.